The van der Waals surface area contributed by atoms with Gasteiger partial charge >= 0.3 is 0 Å². The summed E-state index contributed by atoms with van der Waals surface area (Å²) in [4.78, 5) is 18.2. The van der Waals surface area contributed by atoms with Crippen LogP contribution in [0.1, 0.15) is 17.4 Å². The van der Waals surface area contributed by atoms with E-state index in [1.54, 1.807) is 29.1 Å². The van der Waals surface area contributed by atoms with Crippen molar-refractivity contribution in [3.8, 4) is 11.4 Å². The molecule has 0 spiro atoms. The fraction of sp³-hybridized carbons (Fsp3) is 0.150. The molecule has 1 unspecified atom stereocenters. The van der Waals surface area contributed by atoms with Crippen molar-refractivity contribution < 1.29 is 9.18 Å². The van der Waals surface area contributed by atoms with Crippen LogP contribution in [0.3, 0.4) is 0 Å². The number of rotatable bonds is 6. The van der Waals surface area contributed by atoms with E-state index >= 15 is 0 Å². The lowest BCUT2D eigenvalue weighted by atomic mass is 10.1. The summed E-state index contributed by atoms with van der Waals surface area (Å²) in [6, 6.07) is 14.8. The SMILES string of the molecule is Cn1ccnc1C(NC(=O)Cn1nnc(-c2ccccc2)n1)c1ccc(F)cc1. The maximum Gasteiger partial charge on any atom is 0.244 e. The monoisotopic (exact) mass is 391 g/mol. The lowest BCUT2D eigenvalue weighted by molar-refractivity contribution is -0.122. The lowest BCUT2D eigenvalue weighted by Gasteiger charge is -2.19. The second kappa shape index (κ2) is 8.01. The molecule has 0 aliphatic carbocycles. The van der Waals surface area contributed by atoms with Crippen LogP contribution in [0.5, 0.6) is 0 Å². The first-order chi connectivity index (χ1) is 14.1. The predicted molar refractivity (Wildman–Crippen MR) is 103 cm³/mol. The van der Waals surface area contributed by atoms with Crippen LogP contribution < -0.4 is 5.32 Å². The number of amides is 1. The third-order valence-corrected chi connectivity index (χ3v) is 4.40. The van der Waals surface area contributed by atoms with Crippen LogP contribution in [-0.4, -0.2) is 35.7 Å². The number of halogens is 1. The standard InChI is InChI=1S/C20H18FN7O/c1-27-12-11-22-20(27)18(14-7-9-16(21)10-8-14)23-17(29)13-28-25-19(24-26-28)15-5-3-2-4-6-15/h2-12,18H,13H2,1H3,(H,23,29). The van der Waals surface area contributed by atoms with Gasteiger partial charge in [0.2, 0.25) is 11.7 Å². The molecule has 4 aromatic rings. The molecule has 9 heteroatoms. The summed E-state index contributed by atoms with van der Waals surface area (Å²) in [5, 5.41) is 15.1. The zero-order valence-corrected chi connectivity index (χ0v) is 15.6. The number of imidazole rings is 1. The Morgan fingerprint density at radius 3 is 2.59 bits per heavy atom. The van der Waals surface area contributed by atoms with Crippen LogP contribution in [0, 0.1) is 5.82 Å². The van der Waals surface area contributed by atoms with Crippen molar-refractivity contribution >= 4 is 5.91 Å². The summed E-state index contributed by atoms with van der Waals surface area (Å²) < 4.78 is 15.1. The summed E-state index contributed by atoms with van der Waals surface area (Å²) in [5.41, 5.74) is 1.53. The van der Waals surface area contributed by atoms with E-state index in [4.69, 9.17) is 0 Å². The van der Waals surface area contributed by atoms with E-state index in [9.17, 15) is 9.18 Å². The smallest absolute Gasteiger partial charge is 0.244 e. The van der Waals surface area contributed by atoms with Crippen molar-refractivity contribution in [1.29, 1.82) is 0 Å². The third-order valence-electron chi connectivity index (χ3n) is 4.40. The quantitative estimate of drug-likeness (QED) is 0.544. The molecule has 0 aliphatic rings. The average molecular weight is 391 g/mol. The molecular formula is C20H18FN7O. The molecule has 1 atom stereocenters. The topological polar surface area (TPSA) is 90.5 Å². The third kappa shape index (κ3) is 4.18. The molecule has 0 fully saturated rings. The van der Waals surface area contributed by atoms with E-state index in [0.29, 0.717) is 17.2 Å². The first-order valence-electron chi connectivity index (χ1n) is 8.95. The number of carbonyl (C=O) groups excluding carboxylic acids is 1. The number of aryl methyl sites for hydroxylation is 1. The molecule has 2 aromatic carbocycles. The minimum absolute atomic E-state index is 0.109. The number of nitrogens with one attached hydrogen (secondary N) is 1. The summed E-state index contributed by atoms with van der Waals surface area (Å²) in [5.74, 6) is 0.400. The van der Waals surface area contributed by atoms with E-state index in [-0.39, 0.29) is 18.3 Å². The maximum atomic E-state index is 13.3. The second-order valence-electron chi connectivity index (χ2n) is 6.46. The second-order valence-corrected chi connectivity index (χ2v) is 6.46. The molecule has 2 aromatic heterocycles. The number of nitrogens with zero attached hydrogens (tertiary/aromatic N) is 6. The largest absolute Gasteiger partial charge is 0.340 e. The van der Waals surface area contributed by atoms with Crippen LogP contribution in [0.25, 0.3) is 11.4 Å². The van der Waals surface area contributed by atoms with Crippen molar-refractivity contribution in [1.82, 2.24) is 35.1 Å². The fourth-order valence-electron chi connectivity index (χ4n) is 2.96. The van der Waals surface area contributed by atoms with Crippen LogP contribution >= 0.6 is 0 Å². The summed E-state index contributed by atoms with van der Waals surface area (Å²) in [7, 11) is 1.83. The molecule has 1 N–H and O–H groups in total. The maximum absolute atomic E-state index is 13.3. The van der Waals surface area contributed by atoms with Crippen molar-refractivity contribution in [3.63, 3.8) is 0 Å². The zero-order chi connectivity index (χ0) is 20.2. The van der Waals surface area contributed by atoms with Crippen molar-refractivity contribution in [2.75, 3.05) is 0 Å². The van der Waals surface area contributed by atoms with Gasteiger partial charge in [-0.15, -0.1) is 10.2 Å². The van der Waals surface area contributed by atoms with Gasteiger partial charge in [-0.25, -0.2) is 9.37 Å². The first-order valence-corrected chi connectivity index (χ1v) is 8.95. The van der Waals surface area contributed by atoms with Gasteiger partial charge in [-0.3, -0.25) is 4.79 Å². The van der Waals surface area contributed by atoms with Gasteiger partial charge in [0.25, 0.3) is 0 Å². The summed E-state index contributed by atoms with van der Waals surface area (Å²) in [6.45, 7) is -0.109. The molecule has 146 valence electrons. The van der Waals surface area contributed by atoms with Gasteiger partial charge in [-0.1, -0.05) is 42.5 Å². The van der Waals surface area contributed by atoms with Gasteiger partial charge in [0.1, 0.15) is 24.2 Å². The minimum Gasteiger partial charge on any atom is -0.340 e. The highest BCUT2D eigenvalue weighted by atomic mass is 19.1. The van der Waals surface area contributed by atoms with E-state index in [1.165, 1.54) is 16.9 Å². The first kappa shape index (κ1) is 18.5. The Kier molecular flexibility index (Phi) is 5.10. The number of tetrazole rings is 1. The molecule has 4 rings (SSSR count). The lowest BCUT2D eigenvalue weighted by Crippen LogP contribution is -2.34. The van der Waals surface area contributed by atoms with Crippen LogP contribution in [0.15, 0.2) is 67.0 Å². The van der Waals surface area contributed by atoms with Crippen molar-refractivity contribution in [2.24, 2.45) is 7.05 Å². The fourth-order valence-corrected chi connectivity index (χ4v) is 2.96. The van der Waals surface area contributed by atoms with E-state index in [1.807, 2.05) is 37.4 Å². The normalized spacial score (nSPS) is 11.9. The van der Waals surface area contributed by atoms with Crippen LogP contribution in [0.2, 0.25) is 0 Å². The Morgan fingerprint density at radius 1 is 1.14 bits per heavy atom. The van der Waals surface area contributed by atoms with Crippen LogP contribution in [0.4, 0.5) is 4.39 Å². The molecule has 0 saturated heterocycles. The number of hydrogen-bond acceptors (Lipinski definition) is 5. The highest BCUT2D eigenvalue weighted by molar-refractivity contribution is 5.76. The molecular weight excluding hydrogens is 373 g/mol. The van der Waals surface area contributed by atoms with Gasteiger partial charge in [0, 0.05) is 25.0 Å². The molecule has 0 radical (unpaired) electrons. The summed E-state index contributed by atoms with van der Waals surface area (Å²) >= 11 is 0. The highest BCUT2D eigenvalue weighted by Gasteiger charge is 2.21. The molecule has 29 heavy (non-hydrogen) atoms. The van der Waals surface area contributed by atoms with Crippen molar-refractivity contribution in [2.45, 2.75) is 12.6 Å². The van der Waals surface area contributed by atoms with Gasteiger partial charge in [-0.2, -0.15) is 4.80 Å². The molecule has 0 aliphatic heterocycles. The molecule has 0 saturated carbocycles. The Bertz CT molecular complexity index is 1110. The molecule has 0 bridgehead atoms. The van der Waals surface area contributed by atoms with E-state index in [2.05, 4.69) is 25.7 Å². The number of aromatic nitrogens is 6. The minimum atomic E-state index is -0.541. The van der Waals surface area contributed by atoms with Gasteiger partial charge in [0.05, 0.1) is 0 Å². The molecule has 1 amide bonds. The number of carbonyl (C=O) groups is 1. The molecule has 2 heterocycles. The number of benzene rings is 2. The number of hydrogen-bond donors (Lipinski definition) is 1. The Balaban J connectivity index is 1.52. The Labute approximate surface area is 166 Å². The summed E-state index contributed by atoms with van der Waals surface area (Å²) in [6.07, 6.45) is 3.42. The predicted octanol–water partition coefficient (Wildman–Crippen LogP) is 2.12. The van der Waals surface area contributed by atoms with Gasteiger partial charge in [0.15, 0.2) is 0 Å². The molecule has 8 nitrogen and oxygen atoms in total. The zero-order valence-electron chi connectivity index (χ0n) is 15.6. The van der Waals surface area contributed by atoms with Gasteiger partial charge in [-0.05, 0) is 22.9 Å². The van der Waals surface area contributed by atoms with Gasteiger partial charge < -0.3 is 9.88 Å². The Hall–Kier alpha value is -3.88. The highest BCUT2D eigenvalue weighted by Crippen LogP contribution is 2.21. The Morgan fingerprint density at radius 2 is 1.90 bits per heavy atom. The van der Waals surface area contributed by atoms with E-state index < -0.39 is 6.04 Å². The van der Waals surface area contributed by atoms with E-state index in [0.717, 1.165) is 5.56 Å². The van der Waals surface area contributed by atoms with Crippen LogP contribution in [-0.2, 0) is 18.4 Å². The average Bonchev–Trinajstić information content (AvgIpc) is 3.37. The van der Waals surface area contributed by atoms with Crippen molar-refractivity contribution in [3.05, 3.63) is 84.2 Å².